The van der Waals surface area contributed by atoms with Crippen LogP contribution in [0, 0.1) is 0 Å². The summed E-state index contributed by atoms with van der Waals surface area (Å²) in [7, 11) is -2.17. The SMILES string of the molecule is COc1ccc(OP(C)(=O)[O-])cc1. The third-order valence-electron chi connectivity index (χ3n) is 1.33. The average Bonchev–Trinajstić information content (AvgIpc) is 2.03. The molecular weight excluding hydrogens is 191 g/mol. The van der Waals surface area contributed by atoms with Gasteiger partial charge in [0.15, 0.2) is 7.60 Å². The van der Waals surface area contributed by atoms with Gasteiger partial charge in [-0.2, -0.15) is 0 Å². The van der Waals surface area contributed by atoms with Gasteiger partial charge in [0.25, 0.3) is 0 Å². The number of methoxy groups -OCH3 is 1. The summed E-state index contributed by atoms with van der Waals surface area (Å²) in [6.45, 7) is 1.03. The number of benzene rings is 1. The topological polar surface area (TPSA) is 58.6 Å². The molecule has 0 fully saturated rings. The van der Waals surface area contributed by atoms with Gasteiger partial charge in [0, 0.05) is 6.66 Å². The van der Waals surface area contributed by atoms with Crippen LogP contribution in [-0.4, -0.2) is 13.8 Å². The van der Waals surface area contributed by atoms with Crippen LogP contribution in [-0.2, 0) is 4.57 Å². The molecule has 0 aliphatic carbocycles. The van der Waals surface area contributed by atoms with Crippen LogP contribution < -0.4 is 14.2 Å². The molecule has 1 atom stereocenters. The Morgan fingerprint density at radius 2 is 1.69 bits per heavy atom. The van der Waals surface area contributed by atoms with Crippen molar-refractivity contribution in [3.63, 3.8) is 0 Å². The van der Waals surface area contributed by atoms with Crippen molar-refractivity contribution >= 4 is 7.60 Å². The van der Waals surface area contributed by atoms with Gasteiger partial charge in [-0.05, 0) is 24.3 Å². The van der Waals surface area contributed by atoms with E-state index in [4.69, 9.17) is 4.74 Å². The van der Waals surface area contributed by atoms with Gasteiger partial charge >= 0.3 is 0 Å². The third kappa shape index (κ3) is 3.49. The molecule has 0 aliphatic heterocycles. The van der Waals surface area contributed by atoms with Gasteiger partial charge in [-0.25, -0.2) is 0 Å². The highest BCUT2D eigenvalue weighted by Crippen LogP contribution is 2.34. The summed E-state index contributed by atoms with van der Waals surface area (Å²) in [6, 6.07) is 6.33. The van der Waals surface area contributed by atoms with Crippen molar-refractivity contribution in [2.45, 2.75) is 0 Å². The second-order valence-corrected chi connectivity index (χ2v) is 4.26. The molecule has 0 amide bonds. The molecule has 0 spiro atoms. The molecule has 0 saturated heterocycles. The maximum atomic E-state index is 10.7. The van der Waals surface area contributed by atoms with Gasteiger partial charge in [0.2, 0.25) is 0 Å². The molecule has 0 heterocycles. The van der Waals surface area contributed by atoms with E-state index in [0.717, 1.165) is 6.66 Å². The summed E-state index contributed by atoms with van der Waals surface area (Å²) < 4.78 is 20.3. The van der Waals surface area contributed by atoms with Crippen LogP contribution in [0.4, 0.5) is 0 Å². The zero-order chi connectivity index (χ0) is 9.90. The van der Waals surface area contributed by atoms with Crippen molar-refractivity contribution in [3.05, 3.63) is 24.3 Å². The fraction of sp³-hybridized carbons (Fsp3) is 0.250. The molecule has 72 valence electrons. The van der Waals surface area contributed by atoms with E-state index in [2.05, 4.69) is 4.52 Å². The second kappa shape index (κ2) is 3.81. The molecule has 0 radical (unpaired) electrons. The Hall–Kier alpha value is -0.990. The normalized spacial score (nSPS) is 14.7. The smallest absolute Gasteiger partial charge is 0.181 e. The standard InChI is InChI=1S/C8H11O4P/c1-11-7-3-5-8(6-4-7)12-13(2,9)10/h3-6H,1-2H3,(H,9,10)/p-1. The minimum atomic E-state index is -3.70. The molecule has 0 saturated carbocycles. The van der Waals surface area contributed by atoms with Crippen molar-refractivity contribution in [1.29, 1.82) is 0 Å². The first kappa shape index (κ1) is 10.1. The van der Waals surface area contributed by atoms with Gasteiger partial charge in [0.1, 0.15) is 11.5 Å². The number of hydrogen-bond donors (Lipinski definition) is 0. The molecule has 0 N–H and O–H groups in total. The van der Waals surface area contributed by atoms with Crippen LogP contribution >= 0.6 is 7.60 Å². The van der Waals surface area contributed by atoms with Gasteiger partial charge < -0.3 is 14.2 Å². The third-order valence-corrected chi connectivity index (χ3v) is 1.87. The number of hydrogen-bond acceptors (Lipinski definition) is 4. The molecule has 5 heteroatoms. The fourth-order valence-electron chi connectivity index (χ4n) is 0.828. The predicted octanol–water partition coefficient (Wildman–Crippen LogP) is 1.26. The molecule has 4 nitrogen and oxygen atoms in total. The minimum absolute atomic E-state index is 0.293. The van der Waals surface area contributed by atoms with Gasteiger partial charge in [-0.15, -0.1) is 0 Å². The predicted molar refractivity (Wildman–Crippen MR) is 47.2 cm³/mol. The summed E-state index contributed by atoms with van der Waals surface area (Å²) in [5, 5.41) is 0. The maximum absolute atomic E-state index is 10.7. The zero-order valence-corrected chi connectivity index (χ0v) is 8.28. The Morgan fingerprint density at radius 3 is 2.08 bits per heavy atom. The summed E-state index contributed by atoms with van der Waals surface area (Å²) in [6.07, 6.45) is 0. The molecule has 0 aliphatic rings. The second-order valence-electron chi connectivity index (χ2n) is 2.54. The Labute approximate surface area is 76.6 Å². The van der Waals surface area contributed by atoms with Crippen LogP contribution in [0.1, 0.15) is 0 Å². The number of ether oxygens (including phenoxy) is 1. The van der Waals surface area contributed by atoms with Crippen molar-refractivity contribution < 1.29 is 18.7 Å². The van der Waals surface area contributed by atoms with Gasteiger partial charge in [0.05, 0.1) is 7.11 Å². The van der Waals surface area contributed by atoms with Crippen molar-refractivity contribution in [2.24, 2.45) is 0 Å². The molecular formula is C8H10O4P-. The molecule has 1 aromatic rings. The Bertz CT molecular complexity index is 313. The lowest BCUT2D eigenvalue weighted by Crippen LogP contribution is -2.04. The van der Waals surface area contributed by atoms with Gasteiger partial charge in [-0.1, -0.05) is 0 Å². The lowest BCUT2D eigenvalue weighted by atomic mass is 10.3. The van der Waals surface area contributed by atoms with Crippen LogP contribution in [0.15, 0.2) is 24.3 Å². The lowest BCUT2D eigenvalue weighted by Gasteiger charge is -2.18. The quantitative estimate of drug-likeness (QED) is 0.690. The maximum Gasteiger partial charge on any atom is 0.181 e. The highest BCUT2D eigenvalue weighted by Gasteiger charge is 2.01. The van der Waals surface area contributed by atoms with Crippen molar-refractivity contribution in [2.75, 3.05) is 13.8 Å². The molecule has 13 heavy (non-hydrogen) atoms. The monoisotopic (exact) mass is 201 g/mol. The largest absolute Gasteiger partial charge is 0.769 e. The summed E-state index contributed by atoms with van der Waals surface area (Å²) in [4.78, 5) is 10.7. The molecule has 0 aromatic heterocycles. The first-order chi connectivity index (χ1) is 6.01. The van der Waals surface area contributed by atoms with E-state index in [1.54, 1.807) is 12.1 Å². The van der Waals surface area contributed by atoms with E-state index in [-0.39, 0.29) is 0 Å². The summed E-state index contributed by atoms with van der Waals surface area (Å²) in [5.41, 5.74) is 0. The first-order valence-electron chi connectivity index (χ1n) is 3.63. The van der Waals surface area contributed by atoms with Crippen molar-refractivity contribution in [1.82, 2.24) is 0 Å². The highest BCUT2D eigenvalue weighted by molar-refractivity contribution is 7.50. The molecule has 1 aromatic carbocycles. The van der Waals surface area contributed by atoms with Gasteiger partial charge in [-0.3, -0.25) is 4.57 Å². The average molecular weight is 201 g/mol. The van der Waals surface area contributed by atoms with Crippen LogP contribution in [0.25, 0.3) is 0 Å². The van der Waals surface area contributed by atoms with E-state index in [1.807, 2.05) is 0 Å². The van der Waals surface area contributed by atoms with Crippen LogP contribution in [0.3, 0.4) is 0 Å². The first-order valence-corrected chi connectivity index (χ1v) is 5.62. The Balaban J connectivity index is 2.76. The molecule has 0 bridgehead atoms. The lowest BCUT2D eigenvalue weighted by molar-refractivity contribution is -0.188. The minimum Gasteiger partial charge on any atom is -0.769 e. The van der Waals surface area contributed by atoms with Crippen LogP contribution in [0.5, 0.6) is 11.5 Å². The van der Waals surface area contributed by atoms with Crippen LogP contribution in [0.2, 0.25) is 0 Å². The van der Waals surface area contributed by atoms with E-state index >= 15 is 0 Å². The molecule has 1 unspecified atom stereocenters. The van der Waals surface area contributed by atoms with E-state index in [0.29, 0.717) is 11.5 Å². The summed E-state index contributed by atoms with van der Waals surface area (Å²) >= 11 is 0. The fourth-order valence-corrected chi connectivity index (χ4v) is 1.33. The Morgan fingerprint density at radius 1 is 1.23 bits per heavy atom. The van der Waals surface area contributed by atoms with E-state index in [1.165, 1.54) is 19.2 Å². The number of rotatable bonds is 3. The van der Waals surface area contributed by atoms with Crippen molar-refractivity contribution in [3.8, 4) is 11.5 Å². The Kier molecular flexibility index (Phi) is 2.96. The highest BCUT2D eigenvalue weighted by atomic mass is 31.2. The molecule has 1 rings (SSSR count). The van der Waals surface area contributed by atoms with E-state index in [9.17, 15) is 9.46 Å². The zero-order valence-electron chi connectivity index (χ0n) is 7.39. The van der Waals surface area contributed by atoms with E-state index < -0.39 is 7.60 Å². The summed E-state index contributed by atoms with van der Waals surface area (Å²) in [5.74, 6) is 0.950.